The largest absolute Gasteiger partial charge is 0.486 e. The van der Waals surface area contributed by atoms with E-state index in [1.807, 2.05) is 0 Å². The molecule has 28 heavy (non-hydrogen) atoms. The van der Waals surface area contributed by atoms with Crippen LogP contribution in [0.15, 0.2) is 63.9 Å². The maximum atomic E-state index is 13.9. The number of hydrogen-bond acceptors (Lipinski definition) is 5. The molecule has 3 rings (SSSR count). The normalized spacial score (nSPS) is 11.2. The molecule has 0 unspecified atom stereocenters. The summed E-state index contributed by atoms with van der Waals surface area (Å²) in [5, 5.41) is 2.28. The number of hydrogen-bond donors (Lipinski definition) is 1. The lowest BCUT2D eigenvalue weighted by molar-refractivity contribution is 0.0992. The Balaban J connectivity index is 1.68. The molecule has 146 valence electrons. The lowest BCUT2D eigenvalue weighted by Crippen LogP contribution is -2.13. The van der Waals surface area contributed by atoms with Crippen molar-refractivity contribution < 1.29 is 31.1 Å². The number of ether oxygens (including phenoxy) is 1. The molecule has 1 amide bonds. The molecule has 1 N–H and O–H groups in total. The van der Waals surface area contributed by atoms with E-state index in [2.05, 4.69) is 5.32 Å². The van der Waals surface area contributed by atoms with Crippen LogP contribution in [0.5, 0.6) is 5.75 Å². The summed E-state index contributed by atoms with van der Waals surface area (Å²) in [4.78, 5) is 12.1. The Morgan fingerprint density at radius 2 is 1.79 bits per heavy atom. The number of nitrogens with one attached hydrogen (secondary N) is 1. The van der Waals surface area contributed by atoms with E-state index in [4.69, 9.17) is 9.15 Å². The van der Waals surface area contributed by atoms with Crippen molar-refractivity contribution in [2.24, 2.45) is 0 Å². The standard InChI is InChI=1S/C19H15F2NO5S/c1-28(24,25)15-7-8-16(21)17(10-15)22-19(23)18-9-6-14(27-18)11-26-13-4-2-12(20)3-5-13/h2-10H,11H2,1H3,(H,22,23). The van der Waals surface area contributed by atoms with Crippen molar-refractivity contribution in [3.05, 3.63) is 77.8 Å². The van der Waals surface area contributed by atoms with Crippen molar-refractivity contribution in [1.29, 1.82) is 0 Å². The van der Waals surface area contributed by atoms with Crippen LogP contribution in [0, 0.1) is 11.6 Å². The van der Waals surface area contributed by atoms with Gasteiger partial charge in [0.25, 0.3) is 5.91 Å². The van der Waals surface area contributed by atoms with Crippen LogP contribution in [0.4, 0.5) is 14.5 Å². The van der Waals surface area contributed by atoms with E-state index in [1.165, 1.54) is 36.4 Å². The van der Waals surface area contributed by atoms with Gasteiger partial charge in [-0.25, -0.2) is 17.2 Å². The minimum absolute atomic E-state index is 0.00314. The van der Waals surface area contributed by atoms with Gasteiger partial charge in [-0.1, -0.05) is 0 Å². The highest BCUT2D eigenvalue weighted by Crippen LogP contribution is 2.21. The Bertz CT molecular complexity index is 1110. The first-order chi connectivity index (χ1) is 13.2. The maximum absolute atomic E-state index is 13.9. The molecule has 9 heteroatoms. The smallest absolute Gasteiger partial charge is 0.291 e. The van der Waals surface area contributed by atoms with Gasteiger partial charge in [-0.3, -0.25) is 4.79 Å². The summed E-state index contributed by atoms with van der Waals surface area (Å²) in [7, 11) is -3.56. The Morgan fingerprint density at radius 1 is 1.07 bits per heavy atom. The van der Waals surface area contributed by atoms with E-state index < -0.39 is 27.4 Å². The van der Waals surface area contributed by atoms with Gasteiger partial charge in [0.1, 0.15) is 29.8 Å². The summed E-state index contributed by atoms with van der Waals surface area (Å²) in [5.41, 5.74) is -0.284. The highest BCUT2D eigenvalue weighted by atomic mass is 32.2. The Labute approximate surface area is 159 Å². The van der Waals surface area contributed by atoms with Crippen molar-refractivity contribution in [3.63, 3.8) is 0 Å². The van der Waals surface area contributed by atoms with Gasteiger partial charge in [0.05, 0.1) is 10.6 Å². The zero-order valence-corrected chi connectivity index (χ0v) is 15.4. The van der Waals surface area contributed by atoms with Crippen LogP contribution in [0.1, 0.15) is 16.3 Å². The molecule has 0 radical (unpaired) electrons. The van der Waals surface area contributed by atoms with E-state index in [1.54, 1.807) is 0 Å². The van der Waals surface area contributed by atoms with Crippen LogP contribution in [-0.2, 0) is 16.4 Å². The molecule has 0 aliphatic carbocycles. The molecule has 0 aliphatic rings. The number of halogens is 2. The van der Waals surface area contributed by atoms with E-state index >= 15 is 0 Å². The highest BCUT2D eigenvalue weighted by Gasteiger charge is 2.16. The number of furan rings is 1. The Kier molecular flexibility index (Phi) is 5.46. The van der Waals surface area contributed by atoms with Gasteiger partial charge in [0.15, 0.2) is 15.6 Å². The third-order valence-corrected chi connectivity index (χ3v) is 4.80. The summed E-state index contributed by atoms with van der Waals surface area (Å²) >= 11 is 0. The van der Waals surface area contributed by atoms with Crippen molar-refractivity contribution in [2.45, 2.75) is 11.5 Å². The average Bonchev–Trinajstić information content (AvgIpc) is 3.11. The fourth-order valence-corrected chi connectivity index (χ4v) is 2.92. The molecule has 0 bridgehead atoms. The first kappa shape index (κ1) is 19.6. The zero-order chi connectivity index (χ0) is 20.3. The van der Waals surface area contributed by atoms with Crippen molar-refractivity contribution in [2.75, 3.05) is 11.6 Å². The predicted octanol–water partition coefficient (Wildman–Crippen LogP) is 3.79. The number of amides is 1. The molecule has 0 aliphatic heterocycles. The molecule has 1 heterocycles. The molecular formula is C19H15F2NO5S. The number of carbonyl (C=O) groups excluding carboxylic acids is 1. The van der Waals surface area contributed by atoms with Crippen molar-refractivity contribution >= 4 is 21.4 Å². The second kappa shape index (κ2) is 7.81. The SMILES string of the molecule is CS(=O)(=O)c1ccc(F)c(NC(=O)c2ccc(COc3ccc(F)cc3)o2)c1. The number of anilines is 1. The maximum Gasteiger partial charge on any atom is 0.291 e. The van der Waals surface area contributed by atoms with Crippen LogP contribution in [0.3, 0.4) is 0 Å². The summed E-state index contributed by atoms with van der Waals surface area (Å²) < 4.78 is 60.7. The lowest BCUT2D eigenvalue weighted by atomic mass is 10.3. The molecule has 6 nitrogen and oxygen atoms in total. The highest BCUT2D eigenvalue weighted by molar-refractivity contribution is 7.90. The molecule has 3 aromatic rings. The first-order valence-electron chi connectivity index (χ1n) is 8.00. The van der Waals surface area contributed by atoms with Gasteiger partial charge >= 0.3 is 0 Å². The summed E-state index contributed by atoms with van der Waals surface area (Å²) in [5.74, 6) is -1.30. The fourth-order valence-electron chi connectivity index (χ4n) is 2.28. The second-order valence-electron chi connectivity index (χ2n) is 5.88. The molecule has 0 spiro atoms. The third-order valence-electron chi connectivity index (χ3n) is 3.69. The monoisotopic (exact) mass is 407 g/mol. The van der Waals surface area contributed by atoms with Gasteiger partial charge in [0.2, 0.25) is 0 Å². The van der Waals surface area contributed by atoms with Crippen LogP contribution in [0.2, 0.25) is 0 Å². The minimum atomic E-state index is -3.56. The summed E-state index contributed by atoms with van der Waals surface area (Å²) in [6, 6.07) is 11.4. The number of rotatable bonds is 6. The molecule has 0 saturated carbocycles. The minimum Gasteiger partial charge on any atom is -0.486 e. The fraction of sp³-hybridized carbons (Fsp3) is 0.105. The summed E-state index contributed by atoms with van der Waals surface area (Å²) in [6.07, 6.45) is 0.978. The Morgan fingerprint density at radius 3 is 2.46 bits per heavy atom. The summed E-state index contributed by atoms with van der Waals surface area (Å²) in [6.45, 7) is -0.00314. The van der Waals surface area contributed by atoms with Gasteiger partial charge in [-0.15, -0.1) is 0 Å². The molecular weight excluding hydrogens is 392 g/mol. The molecule has 0 fully saturated rings. The van der Waals surface area contributed by atoms with Crippen LogP contribution in [-0.4, -0.2) is 20.6 Å². The second-order valence-corrected chi connectivity index (χ2v) is 7.89. The van der Waals surface area contributed by atoms with Crippen molar-refractivity contribution in [1.82, 2.24) is 0 Å². The quantitative estimate of drug-likeness (QED) is 0.629. The number of benzene rings is 2. The molecule has 1 aromatic heterocycles. The van der Waals surface area contributed by atoms with Gasteiger partial charge in [-0.05, 0) is 54.6 Å². The van der Waals surface area contributed by atoms with E-state index in [0.29, 0.717) is 11.5 Å². The molecule has 0 saturated heterocycles. The lowest BCUT2D eigenvalue weighted by Gasteiger charge is -2.07. The van der Waals surface area contributed by atoms with Gasteiger partial charge < -0.3 is 14.5 Å². The number of carbonyl (C=O) groups is 1. The van der Waals surface area contributed by atoms with Crippen LogP contribution >= 0.6 is 0 Å². The topological polar surface area (TPSA) is 85.6 Å². The Hall–Kier alpha value is -3.20. The average molecular weight is 407 g/mol. The predicted molar refractivity (Wildman–Crippen MR) is 96.9 cm³/mol. The van der Waals surface area contributed by atoms with E-state index in [9.17, 15) is 22.0 Å². The third kappa shape index (κ3) is 4.74. The van der Waals surface area contributed by atoms with Crippen molar-refractivity contribution in [3.8, 4) is 5.75 Å². The van der Waals surface area contributed by atoms with Crippen LogP contribution in [0.25, 0.3) is 0 Å². The first-order valence-corrected chi connectivity index (χ1v) is 9.89. The van der Waals surface area contributed by atoms with Gasteiger partial charge in [0, 0.05) is 6.26 Å². The number of sulfone groups is 1. The molecule has 0 atom stereocenters. The van der Waals surface area contributed by atoms with E-state index in [0.717, 1.165) is 24.5 Å². The molecule has 2 aromatic carbocycles. The van der Waals surface area contributed by atoms with Crippen LogP contribution < -0.4 is 10.1 Å². The zero-order valence-electron chi connectivity index (χ0n) is 14.6. The van der Waals surface area contributed by atoms with E-state index in [-0.39, 0.29) is 22.9 Å². The van der Waals surface area contributed by atoms with Gasteiger partial charge in [-0.2, -0.15) is 0 Å².